The Morgan fingerprint density at radius 1 is 1.16 bits per heavy atom. The lowest BCUT2D eigenvalue weighted by molar-refractivity contribution is 0.251. The van der Waals surface area contributed by atoms with Crippen molar-refractivity contribution in [3.8, 4) is 5.75 Å². The predicted molar refractivity (Wildman–Crippen MR) is 129 cm³/mol. The van der Waals surface area contributed by atoms with Crippen LogP contribution in [0, 0.1) is 0 Å². The van der Waals surface area contributed by atoms with E-state index in [1.165, 1.54) is 18.4 Å². The summed E-state index contributed by atoms with van der Waals surface area (Å²) in [5, 5.41) is 6.87. The maximum absolute atomic E-state index is 5.46. The largest absolute Gasteiger partial charge is 0.497 e. The number of hydrogen-bond donors (Lipinski definition) is 2. The van der Waals surface area contributed by atoms with Crippen LogP contribution in [-0.2, 0) is 6.42 Å². The second-order valence-electron chi connectivity index (χ2n) is 8.13. The summed E-state index contributed by atoms with van der Waals surface area (Å²) in [6, 6.07) is 14.7. The SMILES string of the molecule is CCNC(=NCC(c1cccc(OC)c1)N1CCCC1)NCCc1cn2ccccc2n1. The number of ether oxygens (including phenoxy) is 1. The molecule has 3 aromatic rings. The quantitative estimate of drug-likeness (QED) is 0.400. The number of rotatable bonds is 9. The molecule has 1 atom stereocenters. The van der Waals surface area contributed by atoms with Gasteiger partial charge in [-0.2, -0.15) is 0 Å². The zero-order valence-corrected chi connectivity index (χ0v) is 19.1. The van der Waals surface area contributed by atoms with Gasteiger partial charge in [0.05, 0.1) is 25.4 Å². The van der Waals surface area contributed by atoms with Gasteiger partial charge in [-0.15, -0.1) is 0 Å². The van der Waals surface area contributed by atoms with Crippen LogP contribution in [0.3, 0.4) is 0 Å². The molecule has 0 amide bonds. The maximum atomic E-state index is 5.46. The van der Waals surface area contributed by atoms with E-state index in [4.69, 9.17) is 9.73 Å². The van der Waals surface area contributed by atoms with Gasteiger partial charge >= 0.3 is 0 Å². The van der Waals surface area contributed by atoms with E-state index in [1.54, 1.807) is 7.11 Å². The molecule has 0 spiro atoms. The van der Waals surface area contributed by atoms with E-state index in [2.05, 4.69) is 56.2 Å². The summed E-state index contributed by atoms with van der Waals surface area (Å²) in [7, 11) is 1.72. The average Bonchev–Trinajstić information content (AvgIpc) is 3.49. The topological polar surface area (TPSA) is 66.2 Å². The molecular weight excluding hydrogens is 400 g/mol. The number of benzene rings is 1. The van der Waals surface area contributed by atoms with Crippen molar-refractivity contribution in [3.63, 3.8) is 0 Å². The molecule has 1 aliphatic heterocycles. The number of pyridine rings is 1. The standard InChI is InChI=1S/C25H34N6O/c1-3-26-25(27-13-12-21-19-31-16-5-4-11-24(31)29-21)28-18-23(30-14-6-7-15-30)20-9-8-10-22(17-20)32-2/h4-5,8-11,16-17,19,23H,3,6-7,12-15,18H2,1-2H3,(H2,26,27,28). The lowest BCUT2D eigenvalue weighted by Crippen LogP contribution is -2.39. The second-order valence-corrected chi connectivity index (χ2v) is 8.13. The highest BCUT2D eigenvalue weighted by Gasteiger charge is 2.23. The van der Waals surface area contributed by atoms with Crippen molar-refractivity contribution >= 4 is 11.6 Å². The monoisotopic (exact) mass is 434 g/mol. The number of nitrogens with zero attached hydrogens (tertiary/aromatic N) is 4. The van der Waals surface area contributed by atoms with Crippen LogP contribution in [0.1, 0.15) is 37.1 Å². The molecule has 7 heteroatoms. The molecule has 2 N–H and O–H groups in total. The lowest BCUT2D eigenvalue weighted by Gasteiger charge is -2.27. The molecule has 0 aliphatic carbocycles. The van der Waals surface area contributed by atoms with Crippen LogP contribution in [0.2, 0.25) is 0 Å². The molecule has 170 valence electrons. The Hall–Kier alpha value is -3.06. The Labute approximate surface area is 190 Å². The predicted octanol–water partition coefficient (Wildman–Crippen LogP) is 3.28. The summed E-state index contributed by atoms with van der Waals surface area (Å²) in [5.41, 5.74) is 3.32. The number of aromatic nitrogens is 2. The molecule has 3 heterocycles. The van der Waals surface area contributed by atoms with Crippen LogP contribution in [0.15, 0.2) is 59.9 Å². The number of imidazole rings is 1. The van der Waals surface area contributed by atoms with E-state index < -0.39 is 0 Å². The average molecular weight is 435 g/mol. The van der Waals surface area contributed by atoms with Gasteiger partial charge in [-0.25, -0.2) is 4.98 Å². The maximum Gasteiger partial charge on any atom is 0.191 e. The van der Waals surface area contributed by atoms with E-state index in [-0.39, 0.29) is 6.04 Å². The van der Waals surface area contributed by atoms with E-state index in [1.807, 2.05) is 30.5 Å². The zero-order valence-electron chi connectivity index (χ0n) is 19.1. The van der Waals surface area contributed by atoms with E-state index in [0.717, 1.165) is 55.7 Å². The number of guanidine groups is 1. The number of methoxy groups -OCH3 is 1. The third kappa shape index (κ3) is 5.59. The summed E-state index contributed by atoms with van der Waals surface area (Å²) in [4.78, 5) is 12.2. The fraction of sp³-hybridized carbons (Fsp3) is 0.440. The molecule has 1 unspecified atom stereocenters. The van der Waals surface area contributed by atoms with Gasteiger partial charge in [0.25, 0.3) is 0 Å². The van der Waals surface area contributed by atoms with Gasteiger partial charge in [0.1, 0.15) is 11.4 Å². The highest BCUT2D eigenvalue weighted by atomic mass is 16.5. The molecule has 0 saturated carbocycles. The van der Waals surface area contributed by atoms with Crippen LogP contribution >= 0.6 is 0 Å². The van der Waals surface area contributed by atoms with Crippen LogP contribution in [-0.4, -0.2) is 60.1 Å². The molecule has 0 radical (unpaired) electrons. The van der Waals surface area contributed by atoms with Crippen LogP contribution in [0.4, 0.5) is 0 Å². The van der Waals surface area contributed by atoms with Crippen molar-refractivity contribution in [3.05, 3.63) is 66.1 Å². The molecule has 0 bridgehead atoms. The first kappa shape index (κ1) is 22.1. The van der Waals surface area contributed by atoms with Gasteiger partial charge < -0.3 is 19.8 Å². The van der Waals surface area contributed by atoms with Gasteiger partial charge in [0.2, 0.25) is 0 Å². The number of aliphatic imine (C=N–C) groups is 1. The first-order valence-corrected chi connectivity index (χ1v) is 11.6. The lowest BCUT2D eigenvalue weighted by atomic mass is 10.1. The van der Waals surface area contributed by atoms with Crippen molar-refractivity contribution in [1.29, 1.82) is 0 Å². The van der Waals surface area contributed by atoms with Gasteiger partial charge in [0.15, 0.2) is 5.96 Å². The van der Waals surface area contributed by atoms with Crippen molar-refractivity contribution in [1.82, 2.24) is 24.9 Å². The van der Waals surface area contributed by atoms with Gasteiger partial charge in [-0.05, 0) is 62.7 Å². The Morgan fingerprint density at radius 3 is 2.81 bits per heavy atom. The molecule has 4 rings (SSSR count). The number of likely N-dealkylation sites (tertiary alicyclic amines) is 1. The summed E-state index contributed by atoms with van der Waals surface area (Å²) >= 11 is 0. The fourth-order valence-electron chi connectivity index (χ4n) is 4.27. The Balaban J connectivity index is 1.42. The minimum atomic E-state index is 0.251. The van der Waals surface area contributed by atoms with E-state index in [9.17, 15) is 0 Å². The van der Waals surface area contributed by atoms with Crippen LogP contribution in [0.5, 0.6) is 5.75 Å². The molecule has 1 fully saturated rings. The summed E-state index contributed by atoms with van der Waals surface area (Å²) in [5.74, 6) is 1.75. The fourth-order valence-corrected chi connectivity index (χ4v) is 4.27. The molecular formula is C25H34N6O. The minimum absolute atomic E-state index is 0.251. The second kappa shape index (κ2) is 11.0. The summed E-state index contributed by atoms with van der Waals surface area (Å²) in [6.07, 6.45) is 7.47. The highest BCUT2D eigenvalue weighted by Crippen LogP contribution is 2.27. The number of fused-ring (bicyclic) bond motifs is 1. The van der Waals surface area contributed by atoms with Crippen molar-refractivity contribution in [2.75, 3.05) is 39.8 Å². The Morgan fingerprint density at radius 2 is 2.03 bits per heavy atom. The van der Waals surface area contributed by atoms with Crippen molar-refractivity contribution < 1.29 is 4.74 Å². The minimum Gasteiger partial charge on any atom is -0.497 e. The van der Waals surface area contributed by atoms with Crippen molar-refractivity contribution in [2.45, 2.75) is 32.2 Å². The Bertz CT molecular complexity index is 991. The third-order valence-electron chi connectivity index (χ3n) is 5.91. The number of nitrogens with one attached hydrogen (secondary N) is 2. The number of hydrogen-bond acceptors (Lipinski definition) is 4. The first-order chi connectivity index (χ1) is 15.8. The molecule has 1 aliphatic rings. The normalized spacial score (nSPS) is 15.8. The molecule has 7 nitrogen and oxygen atoms in total. The van der Waals surface area contributed by atoms with E-state index >= 15 is 0 Å². The third-order valence-corrected chi connectivity index (χ3v) is 5.91. The summed E-state index contributed by atoms with van der Waals surface area (Å²) in [6.45, 7) is 6.65. The molecule has 2 aromatic heterocycles. The molecule has 32 heavy (non-hydrogen) atoms. The van der Waals surface area contributed by atoms with Gasteiger partial charge in [-0.3, -0.25) is 9.89 Å². The molecule has 1 aromatic carbocycles. The summed E-state index contributed by atoms with van der Waals surface area (Å²) < 4.78 is 7.52. The highest BCUT2D eigenvalue weighted by molar-refractivity contribution is 5.79. The van der Waals surface area contributed by atoms with Gasteiger partial charge in [-0.1, -0.05) is 18.2 Å². The van der Waals surface area contributed by atoms with E-state index in [0.29, 0.717) is 6.54 Å². The zero-order chi connectivity index (χ0) is 22.2. The van der Waals surface area contributed by atoms with Crippen LogP contribution < -0.4 is 15.4 Å². The van der Waals surface area contributed by atoms with Crippen LogP contribution in [0.25, 0.3) is 5.65 Å². The van der Waals surface area contributed by atoms with Crippen molar-refractivity contribution in [2.24, 2.45) is 4.99 Å². The Kier molecular flexibility index (Phi) is 7.61. The first-order valence-electron chi connectivity index (χ1n) is 11.6. The smallest absolute Gasteiger partial charge is 0.191 e. The van der Waals surface area contributed by atoms with Gasteiger partial charge in [0, 0.05) is 31.9 Å². The molecule has 1 saturated heterocycles.